The molecule has 1 saturated heterocycles. The van der Waals surface area contributed by atoms with E-state index in [0.717, 1.165) is 11.4 Å². The molecule has 3 aromatic rings. The van der Waals surface area contributed by atoms with Crippen LogP contribution in [0.4, 0.5) is 4.39 Å². The predicted octanol–water partition coefficient (Wildman–Crippen LogP) is 2.48. The van der Waals surface area contributed by atoms with Crippen molar-refractivity contribution in [3.8, 4) is 0 Å². The van der Waals surface area contributed by atoms with Crippen molar-refractivity contribution in [2.24, 2.45) is 0 Å². The van der Waals surface area contributed by atoms with Crippen LogP contribution in [-0.2, 0) is 13.0 Å². The number of hydrogen-bond donors (Lipinski definition) is 2. The van der Waals surface area contributed by atoms with Crippen molar-refractivity contribution in [1.82, 2.24) is 25.0 Å². The van der Waals surface area contributed by atoms with Crippen LogP contribution in [0.15, 0.2) is 35.1 Å². The first-order chi connectivity index (χ1) is 12.6. The van der Waals surface area contributed by atoms with Crippen molar-refractivity contribution in [2.75, 3.05) is 6.54 Å². The number of H-pyrrole nitrogens is 1. The van der Waals surface area contributed by atoms with E-state index in [4.69, 9.17) is 16.1 Å². The number of imidazole rings is 1. The van der Waals surface area contributed by atoms with E-state index in [9.17, 15) is 9.50 Å². The maximum absolute atomic E-state index is 13.2. The summed E-state index contributed by atoms with van der Waals surface area (Å²) in [5.41, 5.74) is 0.722. The zero-order valence-corrected chi connectivity index (χ0v) is 14.5. The van der Waals surface area contributed by atoms with Gasteiger partial charge in [0.25, 0.3) is 0 Å². The van der Waals surface area contributed by atoms with E-state index in [-0.39, 0.29) is 11.9 Å². The largest absolute Gasteiger partial charge is 0.392 e. The first-order valence-corrected chi connectivity index (χ1v) is 8.63. The van der Waals surface area contributed by atoms with Crippen LogP contribution in [0.1, 0.15) is 35.6 Å². The third-order valence-electron chi connectivity index (χ3n) is 4.42. The van der Waals surface area contributed by atoms with E-state index >= 15 is 0 Å². The van der Waals surface area contributed by atoms with Gasteiger partial charge < -0.3 is 14.6 Å². The van der Waals surface area contributed by atoms with E-state index in [0.29, 0.717) is 42.7 Å². The van der Waals surface area contributed by atoms with Crippen LogP contribution in [0, 0.1) is 5.82 Å². The van der Waals surface area contributed by atoms with Gasteiger partial charge in [0, 0.05) is 30.4 Å². The lowest BCUT2D eigenvalue weighted by Crippen LogP contribution is -2.25. The number of nitrogens with zero attached hydrogens (tertiary/aromatic N) is 4. The molecule has 7 nitrogen and oxygen atoms in total. The third-order valence-corrected chi connectivity index (χ3v) is 4.77. The summed E-state index contributed by atoms with van der Waals surface area (Å²) in [7, 11) is 0. The fourth-order valence-electron chi connectivity index (χ4n) is 3.20. The molecule has 0 unspecified atom stereocenters. The lowest BCUT2D eigenvalue weighted by molar-refractivity contribution is 0.167. The van der Waals surface area contributed by atoms with Gasteiger partial charge in [-0.15, -0.1) is 0 Å². The lowest BCUT2D eigenvalue weighted by atomic mass is 10.1. The summed E-state index contributed by atoms with van der Waals surface area (Å²) in [6, 6.07) is 4.03. The van der Waals surface area contributed by atoms with Crippen molar-refractivity contribution in [3.05, 3.63) is 64.5 Å². The van der Waals surface area contributed by atoms with Crippen LogP contribution in [-0.4, -0.2) is 42.8 Å². The molecule has 1 fully saturated rings. The molecule has 2 N–H and O–H groups in total. The Bertz CT molecular complexity index is 885. The van der Waals surface area contributed by atoms with E-state index in [1.54, 1.807) is 18.5 Å². The summed E-state index contributed by atoms with van der Waals surface area (Å²) in [5.74, 6) is 1.33. The van der Waals surface area contributed by atoms with Gasteiger partial charge in [-0.05, 0) is 24.1 Å². The molecule has 136 valence electrons. The van der Waals surface area contributed by atoms with Crippen LogP contribution in [0.5, 0.6) is 0 Å². The van der Waals surface area contributed by atoms with Gasteiger partial charge in [-0.25, -0.2) is 9.37 Å². The van der Waals surface area contributed by atoms with Gasteiger partial charge in [-0.1, -0.05) is 22.8 Å². The average Bonchev–Trinajstić information content (AvgIpc) is 3.32. The van der Waals surface area contributed by atoms with E-state index in [1.165, 1.54) is 12.1 Å². The minimum atomic E-state index is -0.461. The number of likely N-dealkylation sites (tertiary alicyclic amines) is 1. The summed E-state index contributed by atoms with van der Waals surface area (Å²) < 4.78 is 18.6. The Kier molecular flexibility index (Phi) is 4.71. The molecule has 1 aliphatic rings. The Morgan fingerprint density at radius 3 is 3.08 bits per heavy atom. The van der Waals surface area contributed by atoms with Gasteiger partial charge >= 0.3 is 0 Å². The van der Waals surface area contributed by atoms with Crippen LogP contribution in [0.25, 0.3) is 0 Å². The van der Waals surface area contributed by atoms with Crippen LogP contribution >= 0.6 is 11.6 Å². The van der Waals surface area contributed by atoms with Gasteiger partial charge in [-0.3, -0.25) is 4.90 Å². The van der Waals surface area contributed by atoms with Gasteiger partial charge in [0.05, 0.1) is 18.7 Å². The molecule has 1 aliphatic heterocycles. The smallest absolute Gasteiger partial charge is 0.244 e. The predicted molar refractivity (Wildman–Crippen MR) is 90.9 cm³/mol. The molecular weight excluding hydrogens is 361 g/mol. The minimum absolute atomic E-state index is 0.181. The minimum Gasteiger partial charge on any atom is -0.392 e. The highest BCUT2D eigenvalue weighted by Crippen LogP contribution is 2.32. The summed E-state index contributed by atoms with van der Waals surface area (Å²) in [6.45, 7) is 1.06. The van der Waals surface area contributed by atoms with Crippen molar-refractivity contribution in [2.45, 2.75) is 31.5 Å². The highest BCUT2D eigenvalue weighted by atomic mass is 35.5. The van der Waals surface area contributed by atoms with Crippen LogP contribution < -0.4 is 0 Å². The molecule has 0 spiro atoms. The summed E-state index contributed by atoms with van der Waals surface area (Å²) >= 11 is 6.06. The molecule has 0 bridgehead atoms. The average molecular weight is 378 g/mol. The van der Waals surface area contributed by atoms with Crippen molar-refractivity contribution < 1.29 is 14.0 Å². The number of β-amino-alcohol motifs (C(OH)–C–C–N with tert-alkyl or cyclic N) is 1. The first-order valence-electron chi connectivity index (χ1n) is 8.25. The maximum Gasteiger partial charge on any atom is 0.244 e. The molecule has 3 heterocycles. The standard InChI is InChI=1S/C17H17ClFN5O2/c18-13-6-11(19)2-1-10(13)5-15-22-17(26-23-15)14-7-12(25)8-24(14)9-16-20-3-4-21-16/h1-4,6,12,14,25H,5,7-9H2,(H,20,21)/t12-,14+/m1/s1. The molecule has 0 aliphatic carbocycles. The molecule has 2 atom stereocenters. The SMILES string of the molecule is O[C@@H]1C[C@@H](c2nc(Cc3ccc(F)cc3Cl)no2)N(Cc2ncc[nH]2)C1. The zero-order chi connectivity index (χ0) is 18.1. The van der Waals surface area contributed by atoms with Crippen LogP contribution in [0.2, 0.25) is 5.02 Å². The van der Waals surface area contributed by atoms with E-state index in [1.807, 2.05) is 4.90 Å². The van der Waals surface area contributed by atoms with E-state index in [2.05, 4.69) is 20.1 Å². The second-order valence-electron chi connectivity index (χ2n) is 6.33. The number of aliphatic hydroxyl groups excluding tert-OH is 1. The number of benzene rings is 1. The maximum atomic E-state index is 13.2. The number of nitrogens with one attached hydrogen (secondary N) is 1. The fraction of sp³-hybridized carbons (Fsp3) is 0.353. The summed E-state index contributed by atoms with van der Waals surface area (Å²) in [6.07, 6.45) is 3.84. The molecule has 2 aromatic heterocycles. The fourth-order valence-corrected chi connectivity index (χ4v) is 3.43. The van der Waals surface area contributed by atoms with Gasteiger partial charge in [0.1, 0.15) is 11.6 Å². The van der Waals surface area contributed by atoms with Crippen molar-refractivity contribution >= 4 is 11.6 Å². The van der Waals surface area contributed by atoms with Gasteiger partial charge in [0.2, 0.25) is 5.89 Å². The topological polar surface area (TPSA) is 91.1 Å². The Morgan fingerprint density at radius 1 is 1.42 bits per heavy atom. The Morgan fingerprint density at radius 2 is 2.31 bits per heavy atom. The Labute approximate surface area is 153 Å². The number of halogens is 2. The number of aromatic amines is 1. The molecule has 26 heavy (non-hydrogen) atoms. The highest BCUT2D eigenvalue weighted by Gasteiger charge is 2.36. The lowest BCUT2D eigenvalue weighted by Gasteiger charge is -2.19. The third kappa shape index (κ3) is 3.62. The normalized spacial score (nSPS) is 20.7. The van der Waals surface area contributed by atoms with Crippen LogP contribution in [0.3, 0.4) is 0 Å². The van der Waals surface area contributed by atoms with Gasteiger partial charge in [-0.2, -0.15) is 4.98 Å². The molecule has 0 radical (unpaired) electrons. The molecule has 9 heteroatoms. The Hall–Kier alpha value is -2.29. The zero-order valence-electron chi connectivity index (χ0n) is 13.8. The molecule has 4 rings (SSSR count). The molecule has 1 aromatic carbocycles. The number of hydrogen-bond acceptors (Lipinski definition) is 6. The van der Waals surface area contributed by atoms with Crippen molar-refractivity contribution in [3.63, 3.8) is 0 Å². The monoisotopic (exact) mass is 377 g/mol. The van der Waals surface area contributed by atoms with Crippen molar-refractivity contribution in [1.29, 1.82) is 0 Å². The number of aliphatic hydroxyl groups is 1. The second kappa shape index (κ2) is 7.14. The number of aromatic nitrogens is 4. The number of rotatable bonds is 5. The van der Waals surface area contributed by atoms with E-state index < -0.39 is 6.10 Å². The Balaban J connectivity index is 1.50. The molecular formula is C17H17ClFN5O2. The summed E-state index contributed by atoms with van der Waals surface area (Å²) in [5, 5.41) is 14.4. The van der Waals surface area contributed by atoms with Gasteiger partial charge in [0.15, 0.2) is 5.82 Å². The molecule has 0 amide bonds. The second-order valence-corrected chi connectivity index (χ2v) is 6.74. The molecule has 0 saturated carbocycles. The summed E-state index contributed by atoms with van der Waals surface area (Å²) in [4.78, 5) is 13.8. The quantitative estimate of drug-likeness (QED) is 0.709. The highest BCUT2D eigenvalue weighted by molar-refractivity contribution is 6.31. The first kappa shape index (κ1) is 17.1.